The van der Waals surface area contributed by atoms with Crippen molar-refractivity contribution < 1.29 is 4.79 Å². The molecule has 1 rings (SSSR count). The van der Waals surface area contributed by atoms with E-state index in [1.54, 1.807) is 0 Å². The van der Waals surface area contributed by atoms with E-state index >= 15 is 0 Å². The normalized spacial score (nSPS) is 11.3. The Morgan fingerprint density at radius 2 is 2.12 bits per heavy atom. The maximum Gasteiger partial charge on any atom is 0.316 e. The molecule has 0 aliphatic heterocycles. The molecule has 0 radical (unpaired) electrons. The number of urea groups is 1. The molecule has 1 aromatic carbocycles. The second-order valence-corrected chi connectivity index (χ2v) is 3.78. The van der Waals surface area contributed by atoms with Gasteiger partial charge in [-0.1, -0.05) is 43.7 Å². The first-order valence-electron chi connectivity index (χ1n) is 5.74. The maximum atomic E-state index is 11.5. The number of carbonyl (C=O) groups excluding carboxylic acids is 1. The molecule has 0 aliphatic rings. The maximum absolute atomic E-state index is 11.5. The monoisotopic (exact) mass is 231 g/mol. The fourth-order valence-corrected chi connectivity index (χ4v) is 1.45. The van der Waals surface area contributed by atoms with E-state index in [9.17, 15) is 4.79 Å². The molecule has 4 heteroatoms. The third-order valence-electron chi connectivity index (χ3n) is 2.33. The average Bonchev–Trinajstić information content (AvgIpc) is 2.37. The molecule has 4 nitrogen and oxygen atoms in total. The van der Waals surface area contributed by atoms with Crippen molar-refractivity contribution in [1.29, 1.82) is 5.26 Å². The van der Waals surface area contributed by atoms with Crippen LogP contribution in [0.25, 0.3) is 0 Å². The molecule has 0 fully saturated rings. The van der Waals surface area contributed by atoms with Gasteiger partial charge < -0.3 is 10.6 Å². The molecule has 0 saturated carbocycles. The van der Waals surface area contributed by atoms with Gasteiger partial charge in [-0.2, -0.15) is 5.26 Å². The van der Waals surface area contributed by atoms with Gasteiger partial charge in [0, 0.05) is 6.54 Å². The molecule has 0 aromatic heterocycles. The van der Waals surface area contributed by atoms with Crippen molar-refractivity contribution in [2.24, 2.45) is 0 Å². The van der Waals surface area contributed by atoms with Crippen LogP contribution >= 0.6 is 0 Å². The lowest BCUT2D eigenvalue weighted by molar-refractivity contribution is 0.238. The van der Waals surface area contributed by atoms with Gasteiger partial charge in [-0.3, -0.25) is 0 Å². The zero-order chi connectivity index (χ0) is 12.5. The smallest absolute Gasteiger partial charge is 0.316 e. The number of nitriles is 1. The minimum absolute atomic E-state index is 0.297. The molecule has 2 N–H and O–H groups in total. The largest absolute Gasteiger partial charge is 0.334 e. The summed E-state index contributed by atoms with van der Waals surface area (Å²) < 4.78 is 0. The minimum Gasteiger partial charge on any atom is -0.334 e. The molecule has 1 aromatic rings. The van der Waals surface area contributed by atoms with E-state index in [1.807, 2.05) is 37.3 Å². The third kappa shape index (κ3) is 5.03. The second kappa shape index (κ2) is 7.29. The molecule has 0 saturated heterocycles. The van der Waals surface area contributed by atoms with Gasteiger partial charge >= 0.3 is 6.03 Å². The molecule has 0 bridgehead atoms. The predicted octanol–water partition coefficient (Wildman–Crippen LogP) is 2.18. The Balaban J connectivity index is 2.33. The molecule has 0 heterocycles. The topological polar surface area (TPSA) is 64.9 Å². The molecule has 17 heavy (non-hydrogen) atoms. The van der Waals surface area contributed by atoms with Gasteiger partial charge in [-0.25, -0.2) is 4.79 Å². The van der Waals surface area contributed by atoms with E-state index in [-0.39, 0.29) is 6.03 Å². The molecular weight excluding hydrogens is 214 g/mol. The second-order valence-electron chi connectivity index (χ2n) is 3.78. The van der Waals surface area contributed by atoms with Gasteiger partial charge in [0.05, 0.1) is 6.07 Å². The van der Waals surface area contributed by atoms with Crippen molar-refractivity contribution in [2.75, 3.05) is 0 Å². The summed E-state index contributed by atoms with van der Waals surface area (Å²) in [6.45, 7) is 2.45. The summed E-state index contributed by atoms with van der Waals surface area (Å²) in [4.78, 5) is 11.5. The first kappa shape index (κ1) is 13.0. The van der Waals surface area contributed by atoms with Crippen LogP contribution in [-0.2, 0) is 6.54 Å². The highest BCUT2D eigenvalue weighted by atomic mass is 16.2. The van der Waals surface area contributed by atoms with Gasteiger partial charge in [0.15, 0.2) is 0 Å². The van der Waals surface area contributed by atoms with Crippen LogP contribution in [-0.4, -0.2) is 12.1 Å². The lowest BCUT2D eigenvalue weighted by Crippen LogP contribution is -2.41. The van der Waals surface area contributed by atoms with Gasteiger partial charge in [-0.15, -0.1) is 0 Å². The summed E-state index contributed by atoms with van der Waals surface area (Å²) in [5.74, 6) is 0. The number of hydrogen-bond acceptors (Lipinski definition) is 2. The first-order chi connectivity index (χ1) is 8.26. The lowest BCUT2D eigenvalue weighted by atomic mass is 10.2. The molecule has 90 valence electrons. The Hall–Kier alpha value is -2.02. The summed E-state index contributed by atoms with van der Waals surface area (Å²) in [5, 5.41) is 14.1. The van der Waals surface area contributed by atoms with Crippen LogP contribution < -0.4 is 10.6 Å². The van der Waals surface area contributed by atoms with Crippen LogP contribution in [0.1, 0.15) is 25.3 Å². The SMILES string of the molecule is CCCC(C#N)NC(=O)NCc1ccccc1. The zero-order valence-electron chi connectivity index (χ0n) is 9.94. The summed E-state index contributed by atoms with van der Waals surface area (Å²) >= 11 is 0. The van der Waals surface area contributed by atoms with Crippen LogP contribution in [0.15, 0.2) is 30.3 Å². The van der Waals surface area contributed by atoms with Crippen LogP contribution in [0.2, 0.25) is 0 Å². The predicted molar refractivity (Wildman–Crippen MR) is 66.1 cm³/mol. The van der Waals surface area contributed by atoms with Crippen molar-refractivity contribution in [1.82, 2.24) is 10.6 Å². The molecule has 0 spiro atoms. The number of rotatable bonds is 5. The average molecular weight is 231 g/mol. The van der Waals surface area contributed by atoms with Crippen molar-refractivity contribution in [3.05, 3.63) is 35.9 Å². The Morgan fingerprint density at radius 1 is 1.41 bits per heavy atom. The molecule has 0 aliphatic carbocycles. The number of amides is 2. The number of carbonyl (C=O) groups is 1. The fraction of sp³-hybridized carbons (Fsp3) is 0.385. The van der Waals surface area contributed by atoms with Crippen LogP contribution in [0, 0.1) is 11.3 Å². The lowest BCUT2D eigenvalue weighted by Gasteiger charge is -2.11. The van der Waals surface area contributed by atoms with E-state index < -0.39 is 6.04 Å². The van der Waals surface area contributed by atoms with E-state index in [0.717, 1.165) is 12.0 Å². The summed E-state index contributed by atoms with van der Waals surface area (Å²) in [5.41, 5.74) is 1.03. The third-order valence-corrected chi connectivity index (χ3v) is 2.33. The van der Waals surface area contributed by atoms with Crippen molar-refractivity contribution in [2.45, 2.75) is 32.4 Å². The van der Waals surface area contributed by atoms with Crippen LogP contribution in [0.3, 0.4) is 0 Å². The highest BCUT2D eigenvalue weighted by Crippen LogP contribution is 1.98. The number of nitrogens with zero attached hydrogens (tertiary/aromatic N) is 1. The van der Waals surface area contributed by atoms with Crippen LogP contribution in [0.4, 0.5) is 4.79 Å². The van der Waals surface area contributed by atoms with Gasteiger partial charge in [0.2, 0.25) is 0 Å². The quantitative estimate of drug-likeness (QED) is 0.815. The Morgan fingerprint density at radius 3 is 2.71 bits per heavy atom. The highest BCUT2D eigenvalue weighted by Gasteiger charge is 2.09. The van der Waals surface area contributed by atoms with E-state index in [2.05, 4.69) is 16.7 Å². The van der Waals surface area contributed by atoms with Gasteiger partial charge in [0.1, 0.15) is 6.04 Å². The Bertz CT molecular complexity index is 383. The number of hydrogen-bond donors (Lipinski definition) is 2. The van der Waals surface area contributed by atoms with E-state index in [1.165, 1.54) is 0 Å². The first-order valence-corrected chi connectivity index (χ1v) is 5.74. The van der Waals surface area contributed by atoms with Crippen molar-refractivity contribution >= 4 is 6.03 Å². The van der Waals surface area contributed by atoms with Crippen molar-refractivity contribution in [3.8, 4) is 6.07 Å². The molecule has 1 atom stereocenters. The van der Waals surface area contributed by atoms with Crippen LogP contribution in [0.5, 0.6) is 0 Å². The summed E-state index contributed by atoms with van der Waals surface area (Å²) in [7, 11) is 0. The van der Waals surface area contributed by atoms with Gasteiger partial charge in [0.25, 0.3) is 0 Å². The molecule has 1 unspecified atom stereocenters. The van der Waals surface area contributed by atoms with Gasteiger partial charge in [-0.05, 0) is 12.0 Å². The Kier molecular flexibility index (Phi) is 5.59. The minimum atomic E-state index is -0.407. The van der Waals surface area contributed by atoms with Crippen molar-refractivity contribution in [3.63, 3.8) is 0 Å². The summed E-state index contributed by atoms with van der Waals surface area (Å²) in [6.07, 6.45) is 1.55. The van der Waals surface area contributed by atoms with E-state index in [4.69, 9.17) is 5.26 Å². The summed E-state index contributed by atoms with van der Waals surface area (Å²) in [6, 6.07) is 11.0. The molecule has 2 amide bonds. The number of nitrogens with one attached hydrogen (secondary N) is 2. The standard InChI is InChI=1S/C13H17N3O/c1-2-6-12(9-14)16-13(17)15-10-11-7-4-3-5-8-11/h3-5,7-8,12H,2,6,10H2,1H3,(H2,15,16,17). The zero-order valence-corrected chi connectivity index (χ0v) is 9.94. The highest BCUT2D eigenvalue weighted by molar-refractivity contribution is 5.74. The Labute approximate surface area is 102 Å². The fourth-order valence-electron chi connectivity index (χ4n) is 1.45. The molecular formula is C13H17N3O. The van der Waals surface area contributed by atoms with E-state index in [0.29, 0.717) is 13.0 Å². The number of benzene rings is 1.